The second-order valence-electron chi connectivity index (χ2n) is 3.60. The van der Waals surface area contributed by atoms with Crippen molar-refractivity contribution in [2.24, 2.45) is 5.11 Å². The number of hydrogen-bond acceptors (Lipinski definition) is 4. The van der Waals surface area contributed by atoms with Crippen molar-refractivity contribution in [1.29, 1.82) is 0 Å². The Hall–Kier alpha value is -2.74. The van der Waals surface area contributed by atoms with Gasteiger partial charge in [-0.2, -0.15) is 0 Å². The van der Waals surface area contributed by atoms with E-state index < -0.39 is 33.7 Å². The van der Waals surface area contributed by atoms with E-state index in [0.29, 0.717) is 18.6 Å². The molecule has 0 heterocycles. The first-order valence-corrected chi connectivity index (χ1v) is 5.40. The van der Waals surface area contributed by atoms with Crippen molar-refractivity contribution >= 4 is 11.6 Å². The van der Waals surface area contributed by atoms with E-state index in [2.05, 4.69) is 15.3 Å². The number of carbonyl (C=O) groups excluding carboxylic acids is 1. The number of amides is 1. The van der Waals surface area contributed by atoms with Gasteiger partial charge in [-0.15, -0.1) is 0 Å². The van der Waals surface area contributed by atoms with Crippen LogP contribution in [0.3, 0.4) is 0 Å². The van der Waals surface area contributed by atoms with Crippen molar-refractivity contribution in [1.82, 2.24) is 5.32 Å². The van der Waals surface area contributed by atoms with Crippen LogP contribution in [0, 0.1) is 21.7 Å². The van der Waals surface area contributed by atoms with Crippen LogP contribution in [0.2, 0.25) is 0 Å². The second-order valence-corrected chi connectivity index (χ2v) is 3.60. The molecule has 0 aliphatic rings. The summed E-state index contributed by atoms with van der Waals surface area (Å²) in [6, 6.07) is 0.820. The summed E-state index contributed by atoms with van der Waals surface area (Å²) >= 11 is 0. The van der Waals surface area contributed by atoms with Crippen LogP contribution >= 0.6 is 0 Å². The van der Waals surface area contributed by atoms with Gasteiger partial charge in [0.05, 0.1) is 11.0 Å². The Morgan fingerprint density at radius 1 is 1.45 bits per heavy atom. The van der Waals surface area contributed by atoms with E-state index in [-0.39, 0.29) is 13.1 Å². The number of rotatable bonds is 6. The van der Waals surface area contributed by atoms with Crippen LogP contribution in [-0.4, -0.2) is 23.9 Å². The highest BCUT2D eigenvalue weighted by atomic mass is 19.2. The summed E-state index contributed by atoms with van der Waals surface area (Å²) in [6.45, 7) is 0.213. The summed E-state index contributed by atoms with van der Waals surface area (Å²) in [5.41, 5.74) is 6.63. The third-order valence-corrected chi connectivity index (χ3v) is 2.26. The molecule has 0 unspecified atom stereocenters. The lowest BCUT2D eigenvalue weighted by Gasteiger charge is -2.05. The van der Waals surface area contributed by atoms with Crippen LogP contribution in [0.1, 0.15) is 16.8 Å². The molecule has 1 aromatic carbocycles. The smallest absolute Gasteiger partial charge is 0.285 e. The molecule has 1 rings (SSSR count). The molecule has 106 valence electrons. The molecule has 0 fully saturated rings. The zero-order valence-electron chi connectivity index (χ0n) is 10.0. The molecule has 1 amide bonds. The number of nitrogens with one attached hydrogen (secondary N) is 1. The Balaban J connectivity index is 2.83. The highest BCUT2D eigenvalue weighted by Crippen LogP contribution is 2.22. The summed E-state index contributed by atoms with van der Waals surface area (Å²) in [6.07, 6.45) is 0.313. The minimum Gasteiger partial charge on any atom is -0.352 e. The Labute approximate surface area is 111 Å². The normalized spacial score (nSPS) is 9.70. The first kappa shape index (κ1) is 15.3. The van der Waals surface area contributed by atoms with Gasteiger partial charge in [-0.1, -0.05) is 5.11 Å². The number of nitrogens with zero attached hydrogens (tertiary/aromatic N) is 4. The number of hydrogen-bond donors (Lipinski definition) is 1. The third-order valence-electron chi connectivity index (χ3n) is 2.26. The van der Waals surface area contributed by atoms with E-state index in [4.69, 9.17) is 5.53 Å². The average molecular weight is 285 g/mol. The number of benzene rings is 1. The lowest BCUT2D eigenvalue weighted by Crippen LogP contribution is -2.26. The Morgan fingerprint density at radius 2 is 2.10 bits per heavy atom. The molecule has 0 spiro atoms. The molecule has 0 aliphatic heterocycles. The van der Waals surface area contributed by atoms with Gasteiger partial charge in [-0.3, -0.25) is 14.9 Å². The van der Waals surface area contributed by atoms with E-state index in [1.807, 2.05) is 0 Å². The predicted molar refractivity (Wildman–Crippen MR) is 64.0 cm³/mol. The summed E-state index contributed by atoms with van der Waals surface area (Å²) in [5, 5.41) is 16.2. The Kier molecular flexibility index (Phi) is 5.36. The van der Waals surface area contributed by atoms with E-state index >= 15 is 0 Å². The Bertz CT molecular complexity index is 587. The average Bonchev–Trinajstić information content (AvgIpc) is 2.40. The van der Waals surface area contributed by atoms with Gasteiger partial charge in [-0.25, -0.2) is 8.78 Å². The molecule has 0 radical (unpaired) electrons. The second kappa shape index (κ2) is 7.00. The minimum absolute atomic E-state index is 0.0774. The molecule has 0 saturated heterocycles. The summed E-state index contributed by atoms with van der Waals surface area (Å²) < 4.78 is 26.0. The fourth-order valence-electron chi connectivity index (χ4n) is 1.36. The van der Waals surface area contributed by atoms with Crippen molar-refractivity contribution < 1.29 is 18.5 Å². The molecule has 0 saturated carbocycles. The zero-order chi connectivity index (χ0) is 15.1. The minimum atomic E-state index is -1.41. The molecule has 0 aliphatic carbocycles. The van der Waals surface area contributed by atoms with E-state index in [9.17, 15) is 23.7 Å². The van der Waals surface area contributed by atoms with E-state index in [1.165, 1.54) is 0 Å². The maximum atomic E-state index is 13.0. The molecular weight excluding hydrogens is 276 g/mol. The van der Waals surface area contributed by atoms with Crippen LogP contribution in [-0.2, 0) is 0 Å². The van der Waals surface area contributed by atoms with Gasteiger partial charge in [0, 0.05) is 18.0 Å². The lowest BCUT2D eigenvalue weighted by atomic mass is 10.1. The van der Waals surface area contributed by atoms with Crippen molar-refractivity contribution in [2.45, 2.75) is 6.42 Å². The van der Waals surface area contributed by atoms with Crippen LogP contribution in [0.4, 0.5) is 14.5 Å². The van der Waals surface area contributed by atoms with Crippen molar-refractivity contribution in [2.75, 3.05) is 13.1 Å². The topological polar surface area (TPSA) is 121 Å². The van der Waals surface area contributed by atoms with Gasteiger partial charge in [0.15, 0.2) is 11.6 Å². The van der Waals surface area contributed by atoms with Crippen LogP contribution in [0.15, 0.2) is 17.2 Å². The first-order chi connectivity index (χ1) is 9.47. The predicted octanol–water partition coefficient (Wildman–Crippen LogP) is 2.30. The molecule has 10 heteroatoms. The molecule has 20 heavy (non-hydrogen) atoms. The quantitative estimate of drug-likeness (QED) is 0.215. The van der Waals surface area contributed by atoms with E-state index in [1.54, 1.807) is 0 Å². The molecule has 1 N–H and O–H groups in total. The van der Waals surface area contributed by atoms with Crippen LogP contribution < -0.4 is 5.32 Å². The van der Waals surface area contributed by atoms with Crippen LogP contribution in [0.5, 0.6) is 0 Å². The molecular formula is C10H9F2N5O3. The standard InChI is InChI=1S/C10H9F2N5O3/c11-7-4-6(9(17(19)20)5-8(7)12)10(18)14-2-1-3-15-16-13/h4-5H,1-3H2,(H,14,18). The molecule has 1 aromatic rings. The summed E-state index contributed by atoms with van der Waals surface area (Å²) in [4.78, 5) is 23.9. The van der Waals surface area contributed by atoms with Crippen molar-refractivity contribution in [3.63, 3.8) is 0 Å². The fraction of sp³-hybridized carbons (Fsp3) is 0.300. The maximum Gasteiger partial charge on any atom is 0.285 e. The van der Waals surface area contributed by atoms with Gasteiger partial charge in [0.1, 0.15) is 5.56 Å². The fourth-order valence-corrected chi connectivity index (χ4v) is 1.36. The number of nitro groups is 1. The number of azide groups is 1. The van der Waals surface area contributed by atoms with Crippen molar-refractivity contribution in [3.8, 4) is 0 Å². The molecule has 8 nitrogen and oxygen atoms in total. The Morgan fingerprint density at radius 3 is 2.70 bits per heavy atom. The van der Waals surface area contributed by atoms with Gasteiger partial charge >= 0.3 is 0 Å². The number of nitro benzene ring substituents is 1. The number of carbonyl (C=O) groups is 1. The molecule has 0 aromatic heterocycles. The SMILES string of the molecule is [N-]=[N+]=NCCCNC(=O)c1cc(F)c(F)cc1[N+](=O)[O-]. The summed E-state index contributed by atoms with van der Waals surface area (Å²) in [7, 11) is 0. The van der Waals surface area contributed by atoms with Crippen molar-refractivity contribution in [3.05, 3.63) is 49.9 Å². The summed E-state index contributed by atoms with van der Waals surface area (Å²) in [5.74, 6) is -3.66. The molecule has 0 atom stereocenters. The highest BCUT2D eigenvalue weighted by Gasteiger charge is 2.23. The lowest BCUT2D eigenvalue weighted by molar-refractivity contribution is -0.385. The number of halogens is 2. The van der Waals surface area contributed by atoms with Gasteiger partial charge in [0.25, 0.3) is 11.6 Å². The van der Waals surface area contributed by atoms with Gasteiger partial charge in [0.2, 0.25) is 0 Å². The first-order valence-electron chi connectivity index (χ1n) is 5.40. The molecule has 0 bridgehead atoms. The monoisotopic (exact) mass is 285 g/mol. The van der Waals surface area contributed by atoms with Crippen LogP contribution in [0.25, 0.3) is 10.4 Å². The van der Waals surface area contributed by atoms with Gasteiger partial charge in [-0.05, 0) is 18.0 Å². The maximum absolute atomic E-state index is 13.0. The van der Waals surface area contributed by atoms with Gasteiger partial charge < -0.3 is 5.32 Å². The zero-order valence-corrected chi connectivity index (χ0v) is 10.0. The van der Waals surface area contributed by atoms with E-state index in [0.717, 1.165) is 0 Å². The highest BCUT2D eigenvalue weighted by molar-refractivity contribution is 5.98. The third kappa shape index (κ3) is 3.89. The largest absolute Gasteiger partial charge is 0.352 e.